The molecule has 3 aromatic carbocycles. The highest BCUT2D eigenvalue weighted by Gasteiger charge is 2.15. The standard InChI is InChI=1S/C21H14F2N2O3S/c1-28-19-6-5-13(21(26)27)9-20(19)29-25-18-8-14(11-24)17(23)10-16(18)12-3-2-4-15(22)7-12/h2-10,25H,1H3,(H,26,27). The minimum atomic E-state index is -1.09. The molecule has 2 N–H and O–H groups in total. The maximum atomic E-state index is 14.2. The Balaban J connectivity index is 2.02. The van der Waals surface area contributed by atoms with E-state index in [1.165, 1.54) is 49.6 Å². The zero-order valence-corrected chi connectivity index (χ0v) is 15.9. The van der Waals surface area contributed by atoms with Crippen LogP contribution < -0.4 is 9.46 Å². The number of aromatic carboxylic acids is 1. The Morgan fingerprint density at radius 3 is 2.62 bits per heavy atom. The fourth-order valence-electron chi connectivity index (χ4n) is 2.64. The third kappa shape index (κ3) is 4.47. The molecule has 0 aliphatic carbocycles. The number of hydrogen-bond donors (Lipinski definition) is 2. The molecule has 3 aromatic rings. The Bertz CT molecular complexity index is 1130. The number of methoxy groups -OCH3 is 1. The van der Waals surface area contributed by atoms with Crippen molar-refractivity contribution >= 4 is 23.6 Å². The summed E-state index contributed by atoms with van der Waals surface area (Å²) in [6, 6.07) is 14.2. The first-order valence-corrected chi connectivity index (χ1v) is 9.08. The number of halogens is 2. The molecule has 0 saturated carbocycles. The van der Waals surface area contributed by atoms with Crippen LogP contribution in [0.1, 0.15) is 15.9 Å². The lowest BCUT2D eigenvalue weighted by Gasteiger charge is -2.14. The summed E-state index contributed by atoms with van der Waals surface area (Å²) >= 11 is 1.03. The van der Waals surface area contributed by atoms with E-state index < -0.39 is 17.6 Å². The van der Waals surface area contributed by atoms with Crippen molar-refractivity contribution in [2.24, 2.45) is 0 Å². The van der Waals surface area contributed by atoms with E-state index in [9.17, 15) is 18.7 Å². The summed E-state index contributed by atoms with van der Waals surface area (Å²) in [5.74, 6) is -1.87. The van der Waals surface area contributed by atoms with Crippen LogP contribution in [-0.2, 0) is 0 Å². The number of anilines is 1. The van der Waals surface area contributed by atoms with Gasteiger partial charge in [0.1, 0.15) is 23.5 Å². The van der Waals surface area contributed by atoms with Gasteiger partial charge in [-0.05, 0) is 60.0 Å². The van der Waals surface area contributed by atoms with Crippen LogP contribution in [0.15, 0.2) is 59.5 Å². The van der Waals surface area contributed by atoms with Crippen molar-refractivity contribution in [2.75, 3.05) is 11.8 Å². The molecule has 0 bridgehead atoms. The largest absolute Gasteiger partial charge is 0.496 e. The van der Waals surface area contributed by atoms with E-state index >= 15 is 0 Å². The van der Waals surface area contributed by atoms with Crippen LogP contribution in [0.5, 0.6) is 5.75 Å². The number of carboxylic acids is 1. The summed E-state index contributed by atoms with van der Waals surface area (Å²) in [6.07, 6.45) is 0. The van der Waals surface area contributed by atoms with E-state index in [1.807, 2.05) is 0 Å². The van der Waals surface area contributed by atoms with E-state index in [-0.39, 0.29) is 11.1 Å². The summed E-state index contributed by atoms with van der Waals surface area (Å²) in [4.78, 5) is 11.7. The maximum Gasteiger partial charge on any atom is 0.335 e. The van der Waals surface area contributed by atoms with Crippen LogP contribution in [0.4, 0.5) is 14.5 Å². The predicted molar refractivity (Wildman–Crippen MR) is 106 cm³/mol. The van der Waals surface area contributed by atoms with Gasteiger partial charge in [0.2, 0.25) is 0 Å². The van der Waals surface area contributed by atoms with Crippen LogP contribution in [-0.4, -0.2) is 18.2 Å². The average molecular weight is 412 g/mol. The second-order valence-electron chi connectivity index (χ2n) is 5.87. The predicted octanol–water partition coefficient (Wildman–Crippen LogP) is 5.33. The zero-order chi connectivity index (χ0) is 21.0. The van der Waals surface area contributed by atoms with E-state index in [2.05, 4.69) is 4.72 Å². The number of carboxylic acid groups (broad SMARTS) is 1. The lowest BCUT2D eigenvalue weighted by Crippen LogP contribution is -1.99. The van der Waals surface area contributed by atoms with Crippen molar-refractivity contribution in [1.82, 2.24) is 0 Å². The van der Waals surface area contributed by atoms with Crippen molar-refractivity contribution in [3.05, 3.63) is 77.4 Å². The molecule has 0 aliphatic heterocycles. The van der Waals surface area contributed by atoms with E-state index in [0.717, 1.165) is 18.0 Å². The van der Waals surface area contributed by atoms with Crippen LogP contribution >= 0.6 is 11.9 Å². The topological polar surface area (TPSA) is 82.3 Å². The highest BCUT2D eigenvalue weighted by atomic mass is 32.2. The molecule has 0 radical (unpaired) electrons. The Kier molecular flexibility index (Phi) is 6.00. The molecule has 0 amide bonds. The Morgan fingerprint density at radius 1 is 1.17 bits per heavy atom. The molecule has 146 valence electrons. The quantitative estimate of drug-likeness (QED) is 0.533. The first kappa shape index (κ1) is 20.2. The monoisotopic (exact) mass is 412 g/mol. The van der Waals surface area contributed by atoms with E-state index in [4.69, 9.17) is 10.00 Å². The summed E-state index contributed by atoms with van der Waals surface area (Å²) in [5, 5.41) is 18.3. The van der Waals surface area contributed by atoms with Gasteiger partial charge in [-0.25, -0.2) is 13.6 Å². The number of nitrogens with one attached hydrogen (secondary N) is 1. The summed E-state index contributed by atoms with van der Waals surface area (Å²) < 4.78 is 36.1. The zero-order valence-electron chi connectivity index (χ0n) is 15.1. The lowest BCUT2D eigenvalue weighted by molar-refractivity contribution is 0.0696. The number of carbonyl (C=O) groups is 1. The number of nitriles is 1. The van der Waals surface area contributed by atoms with Gasteiger partial charge in [-0.15, -0.1) is 0 Å². The molecular weight excluding hydrogens is 398 g/mol. The molecule has 0 fully saturated rings. The third-order valence-corrected chi connectivity index (χ3v) is 4.91. The Hall–Kier alpha value is -3.57. The normalized spacial score (nSPS) is 10.3. The molecule has 0 aliphatic rings. The van der Waals surface area contributed by atoms with Gasteiger partial charge in [0.25, 0.3) is 0 Å². The van der Waals surface area contributed by atoms with Crippen LogP contribution in [0.3, 0.4) is 0 Å². The fourth-order valence-corrected chi connectivity index (χ4v) is 3.46. The Labute approximate surface area is 169 Å². The molecule has 0 spiro atoms. The summed E-state index contributed by atoms with van der Waals surface area (Å²) in [7, 11) is 1.45. The highest BCUT2D eigenvalue weighted by Crippen LogP contribution is 2.36. The molecule has 0 aromatic heterocycles. The molecule has 8 heteroatoms. The van der Waals surface area contributed by atoms with E-state index in [1.54, 1.807) is 12.1 Å². The van der Waals surface area contributed by atoms with Gasteiger partial charge in [0.05, 0.1) is 28.8 Å². The number of ether oxygens (including phenoxy) is 1. The highest BCUT2D eigenvalue weighted by molar-refractivity contribution is 8.00. The average Bonchev–Trinajstić information content (AvgIpc) is 2.72. The van der Waals surface area contributed by atoms with Gasteiger partial charge >= 0.3 is 5.97 Å². The molecular formula is C21H14F2N2O3S. The van der Waals surface area contributed by atoms with Crippen molar-refractivity contribution in [3.63, 3.8) is 0 Å². The van der Waals surface area contributed by atoms with Crippen molar-refractivity contribution < 1.29 is 23.4 Å². The molecule has 29 heavy (non-hydrogen) atoms. The number of benzene rings is 3. The van der Waals surface area contributed by atoms with E-state index in [0.29, 0.717) is 27.5 Å². The smallest absolute Gasteiger partial charge is 0.335 e. The van der Waals surface area contributed by atoms with Crippen LogP contribution in [0.2, 0.25) is 0 Å². The van der Waals surface area contributed by atoms with Crippen molar-refractivity contribution in [2.45, 2.75) is 4.90 Å². The summed E-state index contributed by atoms with van der Waals surface area (Å²) in [6.45, 7) is 0. The molecule has 0 heterocycles. The van der Waals surface area contributed by atoms with Gasteiger partial charge in [0.15, 0.2) is 0 Å². The first-order valence-electron chi connectivity index (χ1n) is 8.26. The van der Waals surface area contributed by atoms with Crippen LogP contribution in [0.25, 0.3) is 11.1 Å². The molecule has 5 nitrogen and oxygen atoms in total. The molecule has 0 unspecified atom stereocenters. The van der Waals surface area contributed by atoms with Gasteiger partial charge in [-0.2, -0.15) is 5.26 Å². The van der Waals surface area contributed by atoms with Gasteiger partial charge in [0, 0.05) is 5.56 Å². The third-order valence-electron chi connectivity index (χ3n) is 4.04. The Morgan fingerprint density at radius 2 is 1.97 bits per heavy atom. The molecule has 0 atom stereocenters. The number of nitrogens with zero attached hydrogens (tertiary/aromatic N) is 1. The summed E-state index contributed by atoms with van der Waals surface area (Å²) in [5.41, 5.74) is 1.02. The molecule has 0 saturated heterocycles. The fraction of sp³-hybridized carbons (Fsp3) is 0.0476. The minimum Gasteiger partial charge on any atom is -0.496 e. The second kappa shape index (κ2) is 8.63. The first-order chi connectivity index (χ1) is 13.9. The minimum absolute atomic E-state index is 0.0669. The maximum absolute atomic E-state index is 14.2. The van der Waals surface area contributed by atoms with Gasteiger partial charge in [-0.3, -0.25) is 0 Å². The lowest BCUT2D eigenvalue weighted by atomic mass is 10.0. The number of rotatable bonds is 6. The second-order valence-corrected chi connectivity index (χ2v) is 6.72. The van der Waals surface area contributed by atoms with Crippen LogP contribution in [0, 0.1) is 23.0 Å². The number of hydrogen-bond acceptors (Lipinski definition) is 5. The molecule has 3 rings (SSSR count). The van der Waals surface area contributed by atoms with Gasteiger partial charge < -0.3 is 14.6 Å². The van der Waals surface area contributed by atoms with Crippen molar-refractivity contribution in [3.8, 4) is 22.9 Å². The van der Waals surface area contributed by atoms with Gasteiger partial charge in [-0.1, -0.05) is 12.1 Å². The van der Waals surface area contributed by atoms with Crippen molar-refractivity contribution in [1.29, 1.82) is 5.26 Å². The SMILES string of the molecule is COc1ccc(C(=O)O)cc1SNc1cc(C#N)c(F)cc1-c1cccc(F)c1.